The van der Waals surface area contributed by atoms with Crippen LogP contribution in [0.1, 0.15) is 25.3 Å². The summed E-state index contributed by atoms with van der Waals surface area (Å²) in [7, 11) is 0. The summed E-state index contributed by atoms with van der Waals surface area (Å²) in [5, 5.41) is 16.3. The van der Waals surface area contributed by atoms with E-state index in [0.29, 0.717) is 0 Å². The van der Waals surface area contributed by atoms with Crippen LogP contribution in [0.2, 0.25) is 0 Å². The van der Waals surface area contributed by atoms with E-state index < -0.39 is 5.60 Å². The fraction of sp³-hybridized carbons (Fsp3) is 0.350. The molecule has 5 nitrogen and oxygen atoms in total. The Bertz CT molecular complexity index is 710. The lowest BCUT2D eigenvalue weighted by Gasteiger charge is -2.25. The molecule has 3 rings (SSSR count). The van der Waals surface area contributed by atoms with Gasteiger partial charge in [-0.3, -0.25) is 0 Å². The second kappa shape index (κ2) is 7.57. The summed E-state index contributed by atoms with van der Waals surface area (Å²) in [6, 6.07) is 16.9. The van der Waals surface area contributed by atoms with Crippen molar-refractivity contribution in [2.24, 2.45) is 0 Å². The van der Waals surface area contributed by atoms with Gasteiger partial charge in [-0.15, -0.1) is 0 Å². The lowest BCUT2D eigenvalue weighted by atomic mass is 9.96. The van der Waals surface area contributed by atoms with E-state index in [-0.39, 0.29) is 12.6 Å². The predicted molar refractivity (Wildman–Crippen MR) is 101 cm³/mol. The Morgan fingerprint density at radius 2 is 1.72 bits per heavy atom. The van der Waals surface area contributed by atoms with E-state index in [1.807, 2.05) is 54.6 Å². The molecule has 0 spiro atoms. The minimum absolute atomic E-state index is 0.134. The zero-order chi connectivity index (χ0) is 17.7. The molecule has 0 saturated carbocycles. The second-order valence-corrected chi connectivity index (χ2v) is 6.66. The largest absolute Gasteiger partial charge is 0.384 e. The number of benzene rings is 2. The molecule has 1 aliphatic heterocycles. The van der Waals surface area contributed by atoms with Crippen molar-refractivity contribution in [2.45, 2.75) is 25.4 Å². The number of hydrogen-bond donors (Lipinski definition) is 3. The van der Waals surface area contributed by atoms with E-state index in [1.54, 1.807) is 6.92 Å². The van der Waals surface area contributed by atoms with E-state index in [1.165, 1.54) is 12.8 Å². The first-order valence-electron chi connectivity index (χ1n) is 8.73. The van der Waals surface area contributed by atoms with Gasteiger partial charge in [0.1, 0.15) is 5.60 Å². The lowest BCUT2D eigenvalue weighted by Crippen LogP contribution is -2.40. The van der Waals surface area contributed by atoms with Crippen molar-refractivity contribution in [1.82, 2.24) is 5.32 Å². The van der Waals surface area contributed by atoms with E-state index in [9.17, 15) is 9.90 Å². The maximum absolute atomic E-state index is 12.3. The van der Waals surface area contributed by atoms with Gasteiger partial charge in [-0.05, 0) is 37.5 Å². The molecule has 0 unspecified atom stereocenters. The third kappa shape index (κ3) is 4.31. The van der Waals surface area contributed by atoms with Crippen molar-refractivity contribution in [1.29, 1.82) is 0 Å². The lowest BCUT2D eigenvalue weighted by molar-refractivity contribution is 0.0599. The average Bonchev–Trinajstić information content (AvgIpc) is 3.16. The van der Waals surface area contributed by atoms with Crippen molar-refractivity contribution in [3.8, 4) is 0 Å². The molecule has 3 N–H and O–H groups in total. The van der Waals surface area contributed by atoms with Gasteiger partial charge in [-0.2, -0.15) is 0 Å². The van der Waals surface area contributed by atoms with Crippen LogP contribution in [0.4, 0.5) is 16.2 Å². The van der Waals surface area contributed by atoms with Crippen LogP contribution in [0.3, 0.4) is 0 Å². The van der Waals surface area contributed by atoms with E-state index in [4.69, 9.17) is 0 Å². The molecule has 0 bridgehead atoms. The third-order valence-corrected chi connectivity index (χ3v) is 4.59. The maximum Gasteiger partial charge on any atom is 0.319 e. The van der Waals surface area contributed by atoms with E-state index in [2.05, 4.69) is 15.5 Å². The van der Waals surface area contributed by atoms with Crippen LogP contribution in [0.5, 0.6) is 0 Å². The molecule has 1 atom stereocenters. The fourth-order valence-corrected chi connectivity index (χ4v) is 3.13. The molecule has 1 fully saturated rings. The van der Waals surface area contributed by atoms with Crippen molar-refractivity contribution in [3.05, 3.63) is 60.2 Å². The Hall–Kier alpha value is -2.53. The minimum atomic E-state index is -1.12. The molecule has 1 heterocycles. The Morgan fingerprint density at radius 3 is 2.44 bits per heavy atom. The quantitative estimate of drug-likeness (QED) is 0.783. The molecule has 1 saturated heterocycles. The van der Waals surface area contributed by atoms with Gasteiger partial charge >= 0.3 is 6.03 Å². The number of urea groups is 1. The number of hydrogen-bond acceptors (Lipinski definition) is 3. The van der Waals surface area contributed by atoms with Gasteiger partial charge in [0.15, 0.2) is 0 Å². The number of aliphatic hydroxyl groups is 1. The van der Waals surface area contributed by atoms with Gasteiger partial charge in [-0.25, -0.2) is 4.79 Å². The zero-order valence-electron chi connectivity index (χ0n) is 14.5. The van der Waals surface area contributed by atoms with Gasteiger partial charge in [0.05, 0.1) is 17.9 Å². The topological polar surface area (TPSA) is 64.6 Å². The number of nitrogens with one attached hydrogen (secondary N) is 2. The molecule has 2 aromatic carbocycles. The normalized spacial score (nSPS) is 16.3. The monoisotopic (exact) mass is 339 g/mol. The Kier molecular flexibility index (Phi) is 5.24. The summed E-state index contributed by atoms with van der Waals surface area (Å²) in [6.45, 7) is 3.86. The summed E-state index contributed by atoms with van der Waals surface area (Å²) < 4.78 is 0. The molecular weight excluding hydrogens is 314 g/mol. The van der Waals surface area contributed by atoms with Crippen molar-refractivity contribution in [2.75, 3.05) is 29.9 Å². The molecule has 0 radical (unpaired) electrons. The summed E-state index contributed by atoms with van der Waals surface area (Å²) in [4.78, 5) is 14.6. The first kappa shape index (κ1) is 17.3. The zero-order valence-corrected chi connectivity index (χ0v) is 14.5. The summed E-state index contributed by atoms with van der Waals surface area (Å²) in [6.07, 6.45) is 2.36. The first-order valence-corrected chi connectivity index (χ1v) is 8.73. The van der Waals surface area contributed by atoms with Crippen LogP contribution in [0, 0.1) is 0 Å². The highest BCUT2D eigenvalue weighted by atomic mass is 16.3. The number of para-hydroxylation sites is 2. The number of rotatable bonds is 5. The summed E-state index contributed by atoms with van der Waals surface area (Å²) in [5.41, 5.74) is 1.49. The fourth-order valence-electron chi connectivity index (χ4n) is 3.13. The van der Waals surface area contributed by atoms with Gasteiger partial charge in [-0.1, -0.05) is 42.5 Å². The van der Waals surface area contributed by atoms with Crippen LogP contribution in [-0.4, -0.2) is 30.8 Å². The molecule has 5 heteroatoms. The molecule has 2 amide bonds. The van der Waals surface area contributed by atoms with Crippen molar-refractivity contribution >= 4 is 17.4 Å². The molecule has 1 aliphatic rings. The second-order valence-electron chi connectivity index (χ2n) is 6.66. The maximum atomic E-state index is 12.3. The third-order valence-electron chi connectivity index (χ3n) is 4.59. The van der Waals surface area contributed by atoms with Crippen LogP contribution in [-0.2, 0) is 5.60 Å². The van der Waals surface area contributed by atoms with Crippen molar-refractivity contribution in [3.63, 3.8) is 0 Å². The summed E-state index contributed by atoms with van der Waals surface area (Å²) in [5.74, 6) is 0. The Morgan fingerprint density at radius 1 is 1.08 bits per heavy atom. The standard InChI is InChI=1S/C20H25N3O2/c1-20(25,16-9-3-2-4-10-16)15-21-19(24)22-17-11-5-6-12-18(17)23-13-7-8-14-23/h2-6,9-12,25H,7-8,13-15H2,1H3,(H2,21,22,24)/t20-/m0/s1. The van der Waals surface area contributed by atoms with Crippen LogP contribution >= 0.6 is 0 Å². The molecular formula is C20H25N3O2. The van der Waals surface area contributed by atoms with Crippen LogP contribution in [0.25, 0.3) is 0 Å². The minimum Gasteiger partial charge on any atom is -0.384 e. The average molecular weight is 339 g/mol. The summed E-state index contributed by atoms with van der Waals surface area (Å²) >= 11 is 0. The Labute approximate surface area is 148 Å². The number of carbonyl (C=O) groups is 1. The number of carbonyl (C=O) groups excluding carboxylic acids is 1. The molecule has 132 valence electrons. The van der Waals surface area contributed by atoms with Gasteiger partial charge < -0.3 is 20.6 Å². The highest BCUT2D eigenvalue weighted by Gasteiger charge is 2.24. The highest BCUT2D eigenvalue weighted by molar-refractivity contribution is 5.93. The van der Waals surface area contributed by atoms with Gasteiger partial charge in [0, 0.05) is 13.1 Å². The number of anilines is 2. The van der Waals surface area contributed by atoms with Gasteiger partial charge in [0.25, 0.3) is 0 Å². The number of nitrogens with zero attached hydrogens (tertiary/aromatic N) is 1. The van der Waals surface area contributed by atoms with Gasteiger partial charge in [0.2, 0.25) is 0 Å². The smallest absolute Gasteiger partial charge is 0.319 e. The molecule has 0 aliphatic carbocycles. The van der Waals surface area contributed by atoms with E-state index >= 15 is 0 Å². The first-order chi connectivity index (χ1) is 12.1. The molecule has 2 aromatic rings. The highest BCUT2D eigenvalue weighted by Crippen LogP contribution is 2.28. The Balaban J connectivity index is 1.62. The SMILES string of the molecule is C[C@](O)(CNC(=O)Nc1ccccc1N1CCCC1)c1ccccc1. The van der Waals surface area contributed by atoms with E-state index in [0.717, 1.165) is 30.0 Å². The predicted octanol–water partition coefficient (Wildman–Crippen LogP) is 3.32. The number of amides is 2. The van der Waals surface area contributed by atoms with Crippen molar-refractivity contribution < 1.29 is 9.90 Å². The van der Waals surface area contributed by atoms with Crippen LogP contribution < -0.4 is 15.5 Å². The molecule has 25 heavy (non-hydrogen) atoms. The van der Waals surface area contributed by atoms with Crippen LogP contribution in [0.15, 0.2) is 54.6 Å². The molecule has 0 aromatic heterocycles.